The minimum absolute atomic E-state index is 0.394. The number of hydrogen-bond donors (Lipinski definition) is 0. The molecule has 0 bridgehead atoms. The van der Waals surface area contributed by atoms with E-state index in [-0.39, 0.29) is 0 Å². The van der Waals surface area contributed by atoms with Crippen molar-refractivity contribution in [3.8, 4) is 17.0 Å². The molecule has 0 aliphatic rings. The third kappa shape index (κ3) is 3.56. The summed E-state index contributed by atoms with van der Waals surface area (Å²) in [5.41, 5.74) is 2.67. The molecule has 0 atom stereocenters. The van der Waals surface area contributed by atoms with Gasteiger partial charge in [-0.15, -0.1) is 0 Å². The van der Waals surface area contributed by atoms with Crippen molar-refractivity contribution in [1.29, 1.82) is 0 Å². The molecule has 5 heteroatoms. The van der Waals surface area contributed by atoms with Gasteiger partial charge in [0.2, 0.25) is 0 Å². The van der Waals surface area contributed by atoms with Crippen molar-refractivity contribution in [1.82, 2.24) is 9.97 Å². The molecule has 0 saturated carbocycles. The second-order valence-electron chi connectivity index (χ2n) is 4.65. The minimum Gasteiger partial charge on any atom is -0.487 e. The number of halogens is 2. The highest BCUT2D eigenvalue weighted by Gasteiger charge is 2.07. The van der Waals surface area contributed by atoms with Crippen LogP contribution in [0.5, 0.6) is 5.75 Å². The Hall–Kier alpha value is -2.10. The van der Waals surface area contributed by atoms with Crippen LogP contribution in [0.25, 0.3) is 11.3 Å². The number of ether oxygens (including phenoxy) is 1. The van der Waals surface area contributed by atoms with Crippen molar-refractivity contribution in [2.45, 2.75) is 6.61 Å². The fourth-order valence-corrected chi connectivity index (χ4v) is 2.39. The highest BCUT2D eigenvalue weighted by molar-refractivity contribution is 6.32. The van der Waals surface area contributed by atoms with E-state index in [0.717, 1.165) is 16.8 Å². The molecule has 3 rings (SSSR count). The molecule has 0 aliphatic carbocycles. The topological polar surface area (TPSA) is 35.0 Å². The second-order valence-corrected chi connectivity index (χ2v) is 5.44. The van der Waals surface area contributed by atoms with E-state index in [2.05, 4.69) is 9.97 Å². The van der Waals surface area contributed by atoms with Crippen LogP contribution in [-0.4, -0.2) is 9.97 Å². The number of benzene rings is 2. The van der Waals surface area contributed by atoms with E-state index in [4.69, 9.17) is 27.9 Å². The molecule has 3 aromatic rings. The van der Waals surface area contributed by atoms with Crippen LogP contribution in [0.2, 0.25) is 10.2 Å². The first-order valence-corrected chi connectivity index (χ1v) is 7.42. The van der Waals surface area contributed by atoms with Gasteiger partial charge in [-0.3, -0.25) is 0 Å². The van der Waals surface area contributed by atoms with Crippen molar-refractivity contribution in [2.24, 2.45) is 0 Å². The first-order valence-electron chi connectivity index (χ1n) is 6.66. The number of rotatable bonds is 4. The third-order valence-electron chi connectivity index (χ3n) is 3.10. The quantitative estimate of drug-likeness (QED) is 0.629. The van der Waals surface area contributed by atoms with Gasteiger partial charge in [-0.05, 0) is 23.8 Å². The molecule has 0 unspecified atom stereocenters. The van der Waals surface area contributed by atoms with E-state index in [9.17, 15) is 0 Å². The van der Waals surface area contributed by atoms with Crippen LogP contribution >= 0.6 is 23.2 Å². The fraction of sp³-hybridized carbons (Fsp3) is 0.0588. The van der Waals surface area contributed by atoms with Gasteiger partial charge in [0.15, 0.2) is 0 Å². The van der Waals surface area contributed by atoms with Crippen LogP contribution in [0.4, 0.5) is 0 Å². The highest BCUT2D eigenvalue weighted by atomic mass is 35.5. The van der Waals surface area contributed by atoms with Gasteiger partial charge >= 0.3 is 0 Å². The third-order valence-corrected chi connectivity index (χ3v) is 3.60. The molecule has 0 saturated heterocycles. The largest absolute Gasteiger partial charge is 0.487 e. The zero-order chi connectivity index (χ0) is 15.4. The van der Waals surface area contributed by atoms with Crippen molar-refractivity contribution in [3.63, 3.8) is 0 Å². The van der Waals surface area contributed by atoms with Gasteiger partial charge in [0, 0.05) is 11.6 Å². The molecule has 1 heterocycles. The Morgan fingerprint density at radius 3 is 2.45 bits per heavy atom. The lowest BCUT2D eigenvalue weighted by molar-refractivity contribution is 0.306. The van der Waals surface area contributed by atoms with Crippen LogP contribution in [-0.2, 0) is 6.61 Å². The molecule has 3 nitrogen and oxygen atoms in total. The van der Waals surface area contributed by atoms with E-state index >= 15 is 0 Å². The molecule has 110 valence electrons. The molecule has 0 aliphatic heterocycles. The maximum absolute atomic E-state index is 6.28. The zero-order valence-corrected chi connectivity index (χ0v) is 13.1. The lowest BCUT2D eigenvalue weighted by Gasteiger charge is -2.09. The smallest absolute Gasteiger partial charge is 0.138 e. The molecule has 0 radical (unpaired) electrons. The summed E-state index contributed by atoms with van der Waals surface area (Å²) in [6.07, 6.45) is 1.42. The molecule has 0 N–H and O–H groups in total. The standard InChI is InChI=1S/C17H12Cl2N2O/c18-14-8-13(15-9-17(19)21-11-20-15)6-7-16(14)22-10-12-4-2-1-3-5-12/h1-9,11H,10H2. The van der Waals surface area contributed by atoms with Crippen LogP contribution in [0.1, 0.15) is 5.56 Å². The van der Waals surface area contributed by atoms with Crippen molar-refractivity contribution < 1.29 is 4.74 Å². The summed E-state index contributed by atoms with van der Waals surface area (Å²) in [5, 5.41) is 0.925. The lowest BCUT2D eigenvalue weighted by Crippen LogP contribution is -1.96. The maximum atomic E-state index is 6.28. The summed E-state index contributed by atoms with van der Waals surface area (Å²) >= 11 is 12.2. The Balaban J connectivity index is 1.78. The van der Waals surface area contributed by atoms with Crippen LogP contribution in [0.3, 0.4) is 0 Å². The van der Waals surface area contributed by atoms with Crippen LogP contribution < -0.4 is 4.74 Å². The maximum Gasteiger partial charge on any atom is 0.138 e. The van der Waals surface area contributed by atoms with E-state index in [1.54, 1.807) is 12.1 Å². The van der Waals surface area contributed by atoms with Gasteiger partial charge in [0.05, 0.1) is 10.7 Å². The Labute approximate surface area is 138 Å². The summed E-state index contributed by atoms with van der Waals surface area (Å²) in [7, 11) is 0. The fourth-order valence-electron chi connectivity index (χ4n) is 2.00. The van der Waals surface area contributed by atoms with E-state index < -0.39 is 0 Å². The predicted octanol–water partition coefficient (Wildman–Crippen LogP) is 5.03. The lowest BCUT2D eigenvalue weighted by atomic mass is 10.1. The van der Waals surface area contributed by atoms with Gasteiger partial charge in [0.25, 0.3) is 0 Å². The summed E-state index contributed by atoms with van der Waals surface area (Å²) in [5.74, 6) is 0.634. The first kappa shape index (κ1) is 14.8. The Kier molecular flexibility index (Phi) is 4.56. The SMILES string of the molecule is Clc1cc(-c2ccc(OCc3ccccc3)c(Cl)c2)ncn1. The molecular weight excluding hydrogens is 319 g/mol. The molecule has 0 amide bonds. The van der Waals surface area contributed by atoms with Gasteiger partial charge in [-0.2, -0.15) is 0 Å². The zero-order valence-electron chi connectivity index (χ0n) is 11.5. The van der Waals surface area contributed by atoms with Gasteiger partial charge in [0.1, 0.15) is 23.8 Å². The molecule has 2 aromatic carbocycles. The average molecular weight is 331 g/mol. The molecule has 22 heavy (non-hydrogen) atoms. The van der Waals surface area contributed by atoms with Crippen LogP contribution in [0.15, 0.2) is 60.9 Å². The number of nitrogens with zero attached hydrogens (tertiary/aromatic N) is 2. The van der Waals surface area contributed by atoms with Gasteiger partial charge in [-0.25, -0.2) is 9.97 Å². The summed E-state index contributed by atoms with van der Waals surface area (Å²) < 4.78 is 5.75. The van der Waals surface area contributed by atoms with Crippen LogP contribution in [0, 0.1) is 0 Å². The van der Waals surface area contributed by atoms with E-state index in [1.165, 1.54) is 6.33 Å². The van der Waals surface area contributed by atoms with E-state index in [1.807, 2.05) is 42.5 Å². The van der Waals surface area contributed by atoms with Gasteiger partial charge < -0.3 is 4.74 Å². The molecular formula is C17H12Cl2N2O. The summed E-state index contributed by atoms with van der Waals surface area (Å²) in [6.45, 7) is 0.471. The Morgan fingerprint density at radius 2 is 1.73 bits per heavy atom. The molecule has 1 aromatic heterocycles. The molecule has 0 spiro atoms. The minimum atomic E-state index is 0.394. The average Bonchev–Trinajstić information content (AvgIpc) is 2.54. The predicted molar refractivity (Wildman–Crippen MR) is 88.3 cm³/mol. The van der Waals surface area contributed by atoms with Crippen molar-refractivity contribution in [2.75, 3.05) is 0 Å². The molecule has 0 fully saturated rings. The number of aromatic nitrogens is 2. The normalized spacial score (nSPS) is 10.5. The Morgan fingerprint density at radius 1 is 0.909 bits per heavy atom. The highest BCUT2D eigenvalue weighted by Crippen LogP contribution is 2.30. The van der Waals surface area contributed by atoms with E-state index in [0.29, 0.717) is 22.5 Å². The van der Waals surface area contributed by atoms with Crippen molar-refractivity contribution >= 4 is 23.2 Å². The second kappa shape index (κ2) is 6.77. The van der Waals surface area contributed by atoms with Crippen molar-refractivity contribution in [3.05, 3.63) is 76.7 Å². The summed E-state index contributed by atoms with van der Waals surface area (Å²) in [6, 6.07) is 17.2. The van der Waals surface area contributed by atoms with Gasteiger partial charge in [-0.1, -0.05) is 53.5 Å². The Bertz CT molecular complexity index is 779. The number of hydrogen-bond acceptors (Lipinski definition) is 3. The summed E-state index contributed by atoms with van der Waals surface area (Å²) in [4.78, 5) is 8.04. The first-order chi connectivity index (χ1) is 10.7. The monoisotopic (exact) mass is 330 g/mol.